The molecule has 11 heavy (non-hydrogen) atoms. The quantitative estimate of drug-likeness (QED) is 0.498. The fourth-order valence-corrected chi connectivity index (χ4v) is 1.54. The third-order valence-corrected chi connectivity index (χ3v) is 2.16. The van der Waals surface area contributed by atoms with Crippen molar-refractivity contribution in [1.82, 2.24) is 0 Å². The highest BCUT2D eigenvalue weighted by molar-refractivity contribution is 6.03. The summed E-state index contributed by atoms with van der Waals surface area (Å²) in [6.07, 6.45) is 11.5. The van der Waals surface area contributed by atoms with Crippen LogP contribution in [0.1, 0.15) is 25.7 Å². The van der Waals surface area contributed by atoms with Gasteiger partial charge in [-0.2, -0.15) is 0 Å². The molecule has 0 aromatic heterocycles. The second kappa shape index (κ2) is 3.04. The molecule has 1 aliphatic heterocycles. The van der Waals surface area contributed by atoms with Crippen LogP contribution in [0.3, 0.4) is 0 Å². The van der Waals surface area contributed by atoms with Gasteiger partial charge in [0.05, 0.1) is 6.54 Å². The number of dihydropyridines is 1. The fourth-order valence-electron chi connectivity index (χ4n) is 1.54. The average molecular weight is 146 g/mol. The first-order valence-electron chi connectivity index (χ1n) is 4.24. The van der Waals surface area contributed by atoms with Crippen molar-refractivity contribution in [2.75, 3.05) is 0 Å². The van der Waals surface area contributed by atoms with Gasteiger partial charge in [0.15, 0.2) is 0 Å². The summed E-state index contributed by atoms with van der Waals surface area (Å²) in [5, 5.41) is 0. The summed E-state index contributed by atoms with van der Waals surface area (Å²) in [5.41, 5.74) is 2.63. The lowest BCUT2D eigenvalue weighted by Gasteiger charge is -2.07. The Morgan fingerprint density at radius 1 is 1.27 bits per heavy atom. The van der Waals surface area contributed by atoms with Crippen molar-refractivity contribution < 1.29 is 0 Å². The topological polar surface area (TPSA) is 12.4 Å². The van der Waals surface area contributed by atoms with E-state index in [0.717, 1.165) is 6.42 Å². The summed E-state index contributed by atoms with van der Waals surface area (Å²) in [6, 6.07) is 0. The minimum Gasteiger partial charge on any atom is -0.279 e. The highest BCUT2D eigenvalue weighted by atomic mass is 14.7. The predicted octanol–water partition coefficient (Wildman–Crippen LogP) is 2.66. The van der Waals surface area contributed by atoms with E-state index in [-0.39, 0.29) is 0 Å². The Balaban J connectivity index is 2.26. The standard InChI is InChI=1S/C10H12N/c1-2-5-9-6-4-8-11-10(9)7-3-1/h4-6,8H,1-3,7H2. The third-order valence-electron chi connectivity index (χ3n) is 2.16. The maximum absolute atomic E-state index is 4.35. The molecular weight excluding hydrogens is 134 g/mol. The molecule has 0 aromatic carbocycles. The minimum atomic E-state index is 1.16. The largest absolute Gasteiger partial charge is 0.279 e. The summed E-state index contributed by atoms with van der Waals surface area (Å²) in [5.74, 6) is 0. The highest BCUT2D eigenvalue weighted by Crippen LogP contribution is 2.19. The molecule has 1 aliphatic carbocycles. The van der Waals surface area contributed by atoms with Crippen molar-refractivity contribution in [2.24, 2.45) is 4.99 Å². The summed E-state index contributed by atoms with van der Waals surface area (Å²) in [4.78, 5) is 4.35. The van der Waals surface area contributed by atoms with E-state index in [9.17, 15) is 0 Å². The Hall–Kier alpha value is -0.850. The van der Waals surface area contributed by atoms with Gasteiger partial charge in [0, 0.05) is 5.71 Å². The van der Waals surface area contributed by atoms with Gasteiger partial charge >= 0.3 is 0 Å². The van der Waals surface area contributed by atoms with E-state index < -0.39 is 0 Å². The number of hydrogen-bond donors (Lipinski definition) is 0. The summed E-state index contributed by atoms with van der Waals surface area (Å²) >= 11 is 0. The predicted molar refractivity (Wildman–Crippen MR) is 47.4 cm³/mol. The van der Waals surface area contributed by atoms with Crippen molar-refractivity contribution in [3.63, 3.8) is 0 Å². The number of fused-ring (bicyclic) bond motifs is 1. The lowest BCUT2D eigenvalue weighted by molar-refractivity contribution is 0.788. The van der Waals surface area contributed by atoms with Crippen LogP contribution >= 0.6 is 0 Å². The molecule has 1 radical (unpaired) electrons. The van der Waals surface area contributed by atoms with Crippen LogP contribution in [0.2, 0.25) is 0 Å². The number of rotatable bonds is 0. The van der Waals surface area contributed by atoms with Crippen LogP contribution in [0.5, 0.6) is 0 Å². The zero-order valence-corrected chi connectivity index (χ0v) is 6.59. The molecule has 0 saturated heterocycles. The van der Waals surface area contributed by atoms with Gasteiger partial charge in [-0.1, -0.05) is 18.2 Å². The Labute approximate surface area is 67.5 Å². The SMILES string of the molecule is [CH]1C=CC2=CCCCCC2=N1. The van der Waals surface area contributed by atoms with Crippen molar-refractivity contribution in [3.05, 3.63) is 30.3 Å². The molecule has 0 spiro atoms. The zero-order valence-electron chi connectivity index (χ0n) is 6.59. The van der Waals surface area contributed by atoms with Crippen molar-refractivity contribution >= 4 is 5.71 Å². The van der Waals surface area contributed by atoms with Gasteiger partial charge in [-0.15, -0.1) is 0 Å². The number of aliphatic imine (C=N–C) groups is 1. The van der Waals surface area contributed by atoms with Crippen LogP contribution in [0.15, 0.2) is 28.8 Å². The first kappa shape index (κ1) is 6.84. The molecule has 0 N–H and O–H groups in total. The molecule has 2 rings (SSSR count). The van der Waals surface area contributed by atoms with Crippen LogP contribution in [0.4, 0.5) is 0 Å². The second-order valence-electron chi connectivity index (χ2n) is 2.99. The van der Waals surface area contributed by atoms with E-state index in [1.807, 2.05) is 12.6 Å². The zero-order chi connectivity index (χ0) is 7.52. The molecule has 2 aliphatic rings. The second-order valence-corrected chi connectivity index (χ2v) is 2.99. The van der Waals surface area contributed by atoms with Gasteiger partial charge in [-0.3, -0.25) is 4.99 Å². The third kappa shape index (κ3) is 1.42. The lowest BCUT2D eigenvalue weighted by Crippen LogP contribution is -2.02. The summed E-state index contributed by atoms with van der Waals surface area (Å²) in [6.45, 7) is 1.89. The molecule has 0 atom stereocenters. The molecular formula is C10H12N. The first-order chi connectivity index (χ1) is 5.47. The van der Waals surface area contributed by atoms with Gasteiger partial charge < -0.3 is 0 Å². The number of allylic oxidation sites excluding steroid dienone is 3. The van der Waals surface area contributed by atoms with Crippen molar-refractivity contribution in [3.8, 4) is 0 Å². The van der Waals surface area contributed by atoms with Crippen LogP contribution in [0, 0.1) is 6.54 Å². The highest BCUT2D eigenvalue weighted by Gasteiger charge is 2.09. The molecule has 0 unspecified atom stereocenters. The van der Waals surface area contributed by atoms with E-state index in [2.05, 4.69) is 17.1 Å². The summed E-state index contributed by atoms with van der Waals surface area (Å²) in [7, 11) is 0. The Bertz CT molecular complexity index is 233. The molecule has 0 fully saturated rings. The van der Waals surface area contributed by atoms with Crippen LogP contribution in [-0.4, -0.2) is 5.71 Å². The average Bonchev–Trinajstić information content (AvgIpc) is 2.28. The molecule has 1 nitrogen and oxygen atoms in total. The molecule has 57 valence electrons. The Morgan fingerprint density at radius 2 is 2.27 bits per heavy atom. The van der Waals surface area contributed by atoms with Crippen molar-refractivity contribution in [2.45, 2.75) is 25.7 Å². The van der Waals surface area contributed by atoms with Gasteiger partial charge in [-0.25, -0.2) is 0 Å². The maximum atomic E-state index is 4.35. The molecule has 0 saturated carbocycles. The van der Waals surface area contributed by atoms with E-state index in [0.29, 0.717) is 0 Å². The Morgan fingerprint density at radius 3 is 3.27 bits per heavy atom. The fraction of sp³-hybridized carbons (Fsp3) is 0.400. The summed E-state index contributed by atoms with van der Waals surface area (Å²) < 4.78 is 0. The normalized spacial score (nSPS) is 23.3. The molecule has 1 heterocycles. The van der Waals surface area contributed by atoms with Gasteiger partial charge in [0.25, 0.3) is 0 Å². The maximum Gasteiger partial charge on any atom is 0.0946 e. The van der Waals surface area contributed by atoms with Gasteiger partial charge in [0.2, 0.25) is 0 Å². The van der Waals surface area contributed by atoms with Crippen LogP contribution in [0.25, 0.3) is 0 Å². The number of nitrogens with zero attached hydrogens (tertiary/aromatic N) is 1. The molecule has 0 bridgehead atoms. The smallest absolute Gasteiger partial charge is 0.0946 e. The first-order valence-corrected chi connectivity index (χ1v) is 4.24. The number of hydrogen-bond acceptors (Lipinski definition) is 1. The molecule has 0 amide bonds. The van der Waals surface area contributed by atoms with E-state index in [4.69, 9.17) is 0 Å². The van der Waals surface area contributed by atoms with E-state index in [1.54, 1.807) is 0 Å². The Kier molecular flexibility index (Phi) is 1.89. The monoisotopic (exact) mass is 146 g/mol. The van der Waals surface area contributed by atoms with Crippen LogP contribution in [-0.2, 0) is 0 Å². The van der Waals surface area contributed by atoms with E-state index in [1.165, 1.54) is 30.5 Å². The van der Waals surface area contributed by atoms with E-state index >= 15 is 0 Å². The lowest BCUT2D eigenvalue weighted by atomic mass is 10.1. The van der Waals surface area contributed by atoms with Gasteiger partial charge in [0.1, 0.15) is 0 Å². The van der Waals surface area contributed by atoms with Crippen LogP contribution < -0.4 is 0 Å². The van der Waals surface area contributed by atoms with Crippen molar-refractivity contribution in [1.29, 1.82) is 0 Å². The molecule has 1 heteroatoms. The van der Waals surface area contributed by atoms with Gasteiger partial charge in [-0.05, 0) is 31.3 Å². The molecule has 0 aromatic rings. The minimum absolute atomic E-state index is 1.16.